The highest BCUT2D eigenvalue weighted by Gasteiger charge is 2.46. The van der Waals surface area contributed by atoms with Gasteiger partial charge in [-0.05, 0) is 39.9 Å². The van der Waals surface area contributed by atoms with E-state index < -0.39 is 15.0 Å². The molecule has 4 nitrogen and oxygen atoms in total. The Morgan fingerprint density at radius 1 is 1.45 bits per heavy atom. The molecular weight excluding hydrogens is 389 g/mol. The van der Waals surface area contributed by atoms with Crippen LogP contribution in [0.3, 0.4) is 0 Å². The SMILES string of the molecule is CC1(C)CC1NC(=O)c1cc(S(=O)(=O)Cl)cc(Br)c1Cl. The van der Waals surface area contributed by atoms with Gasteiger partial charge in [-0.1, -0.05) is 25.4 Å². The molecule has 0 aliphatic heterocycles. The first-order valence-corrected chi connectivity index (χ1v) is 9.25. The third-order valence-electron chi connectivity index (χ3n) is 3.35. The van der Waals surface area contributed by atoms with E-state index in [-0.39, 0.29) is 26.9 Å². The monoisotopic (exact) mass is 399 g/mol. The molecule has 0 heterocycles. The zero-order valence-corrected chi connectivity index (χ0v) is 14.6. The number of nitrogens with one attached hydrogen (secondary N) is 1. The summed E-state index contributed by atoms with van der Waals surface area (Å²) in [7, 11) is 1.37. The number of halogens is 3. The van der Waals surface area contributed by atoms with Crippen LogP contribution in [-0.2, 0) is 9.05 Å². The van der Waals surface area contributed by atoms with Crippen molar-refractivity contribution < 1.29 is 13.2 Å². The van der Waals surface area contributed by atoms with Crippen LogP contribution in [0.25, 0.3) is 0 Å². The molecule has 8 heteroatoms. The molecule has 1 fully saturated rings. The number of carbonyl (C=O) groups excluding carboxylic acids is 1. The standard InChI is InChI=1S/C12H12BrCl2NO3S/c1-12(2)5-9(12)16-11(17)7-3-6(20(15,18)19)4-8(13)10(7)14/h3-4,9H,5H2,1-2H3,(H,16,17). The van der Waals surface area contributed by atoms with Crippen LogP contribution in [0.1, 0.15) is 30.6 Å². The van der Waals surface area contributed by atoms with E-state index in [1.807, 2.05) is 13.8 Å². The van der Waals surface area contributed by atoms with Gasteiger partial charge in [-0.25, -0.2) is 8.42 Å². The predicted molar refractivity (Wildman–Crippen MR) is 81.8 cm³/mol. The molecule has 20 heavy (non-hydrogen) atoms. The molecule has 1 unspecified atom stereocenters. The van der Waals surface area contributed by atoms with Crippen molar-refractivity contribution in [2.45, 2.75) is 31.2 Å². The fraction of sp³-hybridized carbons (Fsp3) is 0.417. The molecule has 0 bridgehead atoms. The highest BCUT2D eigenvalue weighted by molar-refractivity contribution is 9.10. The van der Waals surface area contributed by atoms with E-state index in [2.05, 4.69) is 21.2 Å². The molecule has 1 N–H and O–H groups in total. The number of carbonyl (C=O) groups is 1. The summed E-state index contributed by atoms with van der Waals surface area (Å²) in [4.78, 5) is 12.0. The van der Waals surface area contributed by atoms with Crippen LogP contribution in [0.5, 0.6) is 0 Å². The maximum Gasteiger partial charge on any atom is 0.261 e. The van der Waals surface area contributed by atoms with Crippen LogP contribution in [-0.4, -0.2) is 20.4 Å². The number of hydrogen-bond donors (Lipinski definition) is 1. The molecule has 1 aromatic rings. The Labute approximate surface area is 135 Å². The summed E-state index contributed by atoms with van der Waals surface area (Å²) in [6, 6.07) is 2.52. The molecule has 0 radical (unpaired) electrons. The molecule has 0 aromatic heterocycles. The molecule has 110 valence electrons. The lowest BCUT2D eigenvalue weighted by molar-refractivity contribution is 0.0946. The minimum Gasteiger partial charge on any atom is -0.349 e. The maximum absolute atomic E-state index is 12.2. The van der Waals surface area contributed by atoms with E-state index in [0.717, 1.165) is 6.42 Å². The first-order valence-electron chi connectivity index (χ1n) is 5.77. The minimum atomic E-state index is -3.93. The largest absolute Gasteiger partial charge is 0.349 e. The van der Waals surface area contributed by atoms with Crippen molar-refractivity contribution >= 4 is 53.2 Å². The van der Waals surface area contributed by atoms with E-state index in [1.54, 1.807) is 0 Å². The molecule has 1 aromatic carbocycles. The summed E-state index contributed by atoms with van der Waals surface area (Å²) < 4.78 is 23.1. The fourth-order valence-corrected chi connectivity index (χ4v) is 3.41. The van der Waals surface area contributed by atoms with Gasteiger partial charge in [0, 0.05) is 21.2 Å². The van der Waals surface area contributed by atoms with Crippen molar-refractivity contribution in [3.63, 3.8) is 0 Å². The van der Waals surface area contributed by atoms with E-state index in [1.165, 1.54) is 12.1 Å². The van der Waals surface area contributed by atoms with Crippen molar-refractivity contribution in [2.75, 3.05) is 0 Å². The molecule has 0 saturated heterocycles. The van der Waals surface area contributed by atoms with Crippen molar-refractivity contribution in [2.24, 2.45) is 5.41 Å². The molecule has 1 atom stereocenters. The Kier molecular flexibility index (Phi) is 4.15. The van der Waals surface area contributed by atoms with Crippen LogP contribution >= 0.6 is 38.2 Å². The summed E-state index contributed by atoms with van der Waals surface area (Å²) in [5, 5.41) is 2.98. The van der Waals surface area contributed by atoms with E-state index in [4.69, 9.17) is 22.3 Å². The van der Waals surface area contributed by atoms with Gasteiger partial charge < -0.3 is 5.32 Å². The van der Waals surface area contributed by atoms with Gasteiger partial charge in [0.25, 0.3) is 15.0 Å². The Morgan fingerprint density at radius 3 is 2.45 bits per heavy atom. The lowest BCUT2D eigenvalue weighted by Crippen LogP contribution is -2.28. The topological polar surface area (TPSA) is 63.2 Å². The Morgan fingerprint density at radius 2 is 2.00 bits per heavy atom. The quantitative estimate of drug-likeness (QED) is 0.789. The zero-order valence-electron chi connectivity index (χ0n) is 10.7. The fourth-order valence-electron chi connectivity index (χ4n) is 1.82. The molecule has 2 rings (SSSR count). The second-order valence-electron chi connectivity index (χ2n) is 5.42. The van der Waals surface area contributed by atoms with Gasteiger partial charge in [-0.3, -0.25) is 4.79 Å². The van der Waals surface area contributed by atoms with E-state index in [9.17, 15) is 13.2 Å². The van der Waals surface area contributed by atoms with Gasteiger partial charge in [0.15, 0.2) is 0 Å². The second kappa shape index (κ2) is 5.16. The lowest BCUT2D eigenvalue weighted by atomic mass is 10.1. The van der Waals surface area contributed by atoms with Crippen LogP contribution in [0.4, 0.5) is 0 Å². The van der Waals surface area contributed by atoms with E-state index >= 15 is 0 Å². The first-order chi connectivity index (χ1) is 9.02. The van der Waals surface area contributed by atoms with Gasteiger partial charge in [-0.2, -0.15) is 0 Å². The highest BCUT2D eigenvalue weighted by Crippen LogP contribution is 2.45. The summed E-state index contributed by atoms with van der Waals surface area (Å²) >= 11 is 9.17. The van der Waals surface area contributed by atoms with Crippen molar-refractivity contribution in [1.29, 1.82) is 0 Å². The summed E-state index contributed by atoms with van der Waals surface area (Å²) in [6.45, 7) is 4.07. The molecule has 1 aliphatic rings. The molecule has 0 spiro atoms. The van der Waals surface area contributed by atoms with Gasteiger partial charge in [-0.15, -0.1) is 0 Å². The van der Waals surface area contributed by atoms with Crippen molar-refractivity contribution in [1.82, 2.24) is 5.32 Å². The normalized spacial score (nSPS) is 20.6. The van der Waals surface area contributed by atoms with Crippen LogP contribution in [0.15, 0.2) is 21.5 Å². The maximum atomic E-state index is 12.2. The van der Waals surface area contributed by atoms with Crippen molar-refractivity contribution in [3.05, 3.63) is 27.2 Å². The first kappa shape index (κ1) is 16.1. The minimum absolute atomic E-state index is 0.0650. The van der Waals surface area contributed by atoms with Crippen LogP contribution in [0.2, 0.25) is 5.02 Å². The highest BCUT2D eigenvalue weighted by atomic mass is 79.9. The smallest absolute Gasteiger partial charge is 0.261 e. The second-order valence-corrected chi connectivity index (χ2v) is 9.22. The molecule has 1 aliphatic carbocycles. The van der Waals surface area contributed by atoms with Crippen LogP contribution < -0.4 is 5.32 Å². The summed E-state index contributed by atoms with van der Waals surface area (Å²) in [5.74, 6) is -0.409. The van der Waals surface area contributed by atoms with Gasteiger partial charge in [0.05, 0.1) is 15.5 Å². The molecule has 1 saturated carbocycles. The Balaban J connectivity index is 2.36. The van der Waals surface area contributed by atoms with Gasteiger partial charge in [0.1, 0.15) is 0 Å². The number of amides is 1. The average molecular weight is 401 g/mol. The Hall–Kier alpha value is -0.300. The lowest BCUT2D eigenvalue weighted by Gasteiger charge is -2.10. The average Bonchev–Trinajstić information content (AvgIpc) is 2.87. The summed E-state index contributed by atoms with van der Waals surface area (Å²) in [5.41, 5.74) is 0.151. The third kappa shape index (κ3) is 3.30. The van der Waals surface area contributed by atoms with Crippen molar-refractivity contribution in [3.8, 4) is 0 Å². The number of hydrogen-bond acceptors (Lipinski definition) is 3. The molecular formula is C12H12BrCl2NO3S. The number of rotatable bonds is 3. The third-order valence-corrected chi connectivity index (χ3v) is 5.94. The van der Waals surface area contributed by atoms with Gasteiger partial charge in [0.2, 0.25) is 0 Å². The Bertz CT molecular complexity index is 688. The predicted octanol–water partition coefficient (Wildman–Crippen LogP) is 3.56. The van der Waals surface area contributed by atoms with E-state index in [0.29, 0.717) is 4.47 Å². The summed E-state index contributed by atoms with van der Waals surface area (Å²) in [6.07, 6.45) is 0.880. The van der Waals surface area contributed by atoms with Crippen LogP contribution in [0, 0.1) is 5.41 Å². The zero-order chi connectivity index (χ0) is 15.3. The molecule has 1 amide bonds. The number of benzene rings is 1. The van der Waals surface area contributed by atoms with Gasteiger partial charge >= 0.3 is 0 Å².